The molecule has 0 unspecified atom stereocenters. The molecule has 0 radical (unpaired) electrons. The van der Waals surface area contributed by atoms with Crippen molar-refractivity contribution < 1.29 is 4.39 Å². The topological polar surface area (TPSA) is 33.6 Å². The summed E-state index contributed by atoms with van der Waals surface area (Å²) in [6, 6.07) is 1.95. The maximum atomic E-state index is 12.2. The van der Waals surface area contributed by atoms with Gasteiger partial charge in [-0.3, -0.25) is 4.57 Å². The van der Waals surface area contributed by atoms with Crippen molar-refractivity contribution in [3.05, 3.63) is 22.6 Å². The zero-order valence-corrected chi connectivity index (χ0v) is 8.57. The van der Waals surface area contributed by atoms with Gasteiger partial charge in [-0.15, -0.1) is 0 Å². The minimum Gasteiger partial charge on any atom is -0.329 e. The van der Waals surface area contributed by atoms with E-state index in [2.05, 4.69) is 9.97 Å². The molecule has 2 heterocycles. The van der Waals surface area contributed by atoms with Gasteiger partial charge in [0.1, 0.15) is 6.67 Å². The maximum absolute atomic E-state index is 12.2. The second-order valence-corrected chi connectivity index (χ2v) is 3.54. The van der Waals surface area contributed by atoms with Gasteiger partial charge in [-0.05, 0) is 30.8 Å². The lowest BCUT2D eigenvalue weighted by Crippen LogP contribution is -2.00. The zero-order chi connectivity index (χ0) is 10.1. The van der Waals surface area contributed by atoms with Crippen molar-refractivity contribution in [2.45, 2.75) is 13.5 Å². The number of nitrogens with one attached hydrogen (secondary N) is 1. The first-order valence-corrected chi connectivity index (χ1v) is 4.74. The summed E-state index contributed by atoms with van der Waals surface area (Å²) in [5.41, 5.74) is 2.64. The smallest absolute Gasteiger partial charge is 0.179 e. The monoisotopic (exact) mass is 211 g/mol. The fraction of sp³-hybridized carbons (Fsp3) is 0.333. The predicted molar refractivity (Wildman–Crippen MR) is 55.6 cm³/mol. The molecule has 5 heteroatoms. The van der Waals surface area contributed by atoms with Crippen molar-refractivity contribution in [3.63, 3.8) is 0 Å². The fourth-order valence-corrected chi connectivity index (χ4v) is 1.73. The van der Waals surface area contributed by atoms with Gasteiger partial charge in [0.05, 0.1) is 12.1 Å². The Morgan fingerprint density at radius 3 is 3.14 bits per heavy atom. The van der Waals surface area contributed by atoms with Crippen LogP contribution in [0.25, 0.3) is 11.2 Å². The molecule has 0 fully saturated rings. The van der Waals surface area contributed by atoms with Crippen LogP contribution in [0.2, 0.25) is 0 Å². The van der Waals surface area contributed by atoms with Crippen molar-refractivity contribution in [3.8, 4) is 0 Å². The van der Waals surface area contributed by atoms with E-state index in [9.17, 15) is 4.39 Å². The minimum absolute atomic E-state index is 0.259. The van der Waals surface area contributed by atoms with E-state index in [1.165, 1.54) is 0 Å². The molecule has 74 valence electrons. The number of aromatic nitrogens is 3. The van der Waals surface area contributed by atoms with Crippen molar-refractivity contribution >= 4 is 23.4 Å². The van der Waals surface area contributed by atoms with E-state index < -0.39 is 6.67 Å². The van der Waals surface area contributed by atoms with Gasteiger partial charge in [-0.1, -0.05) is 0 Å². The summed E-state index contributed by atoms with van der Waals surface area (Å²) >= 11 is 5.06. The van der Waals surface area contributed by atoms with Crippen molar-refractivity contribution in [2.75, 3.05) is 6.67 Å². The molecule has 0 atom stereocenters. The van der Waals surface area contributed by atoms with Gasteiger partial charge in [0.25, 0.3) is 0 Å². The summed E-state index contributed by atoms with van der Waals surface area (Å²) in [7, 11) is 0. The number of aryl methyl sites for hydroxylation is 2. The third-order valence-electron chi connectivity index (χ3n) is 2.05. The normalized spacial score (nSPS) is 11.0. The molecule has 2 aromatic heterocycles. The molecule has 0 aliphatic carbocycles. The Hall–Kier alpha value is -1.23. The first-order valence-electron chi connectivity index (χ1n) is 4.33. The van der Waals surface area contributed by atoms with Gasteiger partial charge in [0, 0.05) is 6.20 Å². The number of hydrogen-bond acceptors (Lipinski definition) is 2. The number of imidazole rings is 1. The lowest BCUT2D eigenvalue weighted by molar-refractivity contribution is 0.447. The van der Waals surface area contributed by atoms with Crippen LogP contribution in [0.5, 0.6) is 0 Å². The third-order valence-corrected chi connectivity index (χ3v) is 2.38. The largest absolute Gasteiger partial charge is 0.329 e. The van der Waals surface area contributed by atoms with Crippen LogP contribution in [0.4, 0.5) is 4.39 Å². The Bertz CT molecular complexity index is 514. The van der Waals surface area contributed by atoms with E-state index in [4.69, 9.17) is 12.2 Å². The van der Waals surface area contributed by atoms with Gasteiger partial charge in [-0.25, -0.2) is 9.37 Å². The molecule has 1 N–H and O–H groups in total. The van der Waals surface area contributed by atoms with Gasteiger partial charge in [-0.2, -0.15) is 0 Å². The molecule has 0 aliphatic heterocycles. The fourth-order valence-electron chi connectivity index (χ4n) is 1.44. The van der Waals surface area contributed by atoms with Crippen LogP contribution in [0.3, 0.4) is 0 Å². The van der Waals surface area contributed by atoms with Gasteiger partial charge >= 0.3 is 0 Å². The molecule has 3 nitrogen and oxygen atoms in total. The molecule has 2 rings (SSSR count). The Balaban J connectivity index is 2.71. The highest BCUT2D eigenvalue weighted by Gasteiger charge is 2.04. The number of H-pyrrole nitrogens is 1. The molecule has 0 saturated carbocycles. The SMILES string of the molecule is Cc1cnc2c(c1)[nH]c(=S)n2CCF. The zero-order valence-electron chi connectivity index (χ0n) is 7.75. The number of fused-ring (bicyclic) bond motifs is 1. The molecule has 0 saturated heterocycles. The summed E-state index contributed by atoms with van der Waals surface area (Å²) in [6.07, 6.45) is 1.75. The summed E-state index contributed by atoms with van der Waals surface area (Å²) in [5, 5.41) is 0. The number of hydrogen-bond donors (Lipinski definition) is 1. The van der Waals surface area contributed by atoms with E-state index in [-0.39, 0.29) is 6.54 Å². The average molecular weight is 211 g/mol. The lowest BCUT2D eigenvalue weighted by atomic mass is 10.3. The molecule has 0 bridgehead atoms. The molecule has 0 aliphatic rings. The van der Waals surface area contributed by atoms with Crippen molar-refractivity contribution in [1.82, 2.24) is 14.5 Å². The van der Waals surface area contributed by atoms with Crippen LogP contribution < -0.4 is 0 Å². The minimum atomic E-state index is -0.434. The Labute approximate surface area is 85.6 Å². The lowest BCUT2D eigenvalue weighted by Gasteiger charge is -1.98. The number of nitrogens with zero attached hydrogens (tertiary/aromatic N) is 2. The first kappa shape index (κ1) is 9.33. The number of halogens is 1. The Kier molecular flexibility index (Phi) is 2.33. The van der Waals surface area contributed by atoms with Gasteiger partial charge < -0.3 is 4.98 Å². The van der Waals surface area contributed by atoms with Crippen molar-refractivity contribution in [2.24, 2.45) is 0 Å². The quantitative estimate of drug-likeness (QED) is 0.774. The molecule has 2 aromatic rings. The predicted octanol–water partition coefficient (Wildman–Crippen LogP) is 2.37. The molecule has 0 amide bonds. The van der Waals surface area contributed by atoms with E-state index in [0.29, 0.717) is 4.77 Å². The summed E-state index contributed by atoms with van der Waals surface area (Å²) in [4.78, 5) is 7.22. The van der Waals surface area contributed by atoms with E-state index >= 15 is 0 Å². The Morgan fingerprint density at radius 2 is 2.43 bits per heavy atom. The number of pyridine rings is 1. The molecule has 14 heavy (non-hydrogen) atoms. The van der Waals surface area contributed by atoms with Gasteiger partial charge in [0.15, 0.2) is 10.4 Å². The van der Waals surface area contributed by atoms with E-state index in [0.717, 1.165) is 16.7 Å². The van der Waals surface area contributed by atoms with E-state index in [1.54, 1.807) is 10.8 Å². The second-order valence-electron chi connectivity index (χ2n) is 3.15. The summed E-state index contributed by atoms with van der Waals surface area (Å²) in [5.74, 6) is 0. The first-order chi connectivity index (χ1) is 6.72. The van der Waals surface area contributed by atoms with Gasteiger partial charge in [0.2, 0.25) is 0 Å². The molecular weight excluding hydrogens is 201 g/mol. The Morgan fingerprint density at radius 1 is 1.64 bits per heavy atom. The number of rotatable bonds is 2. The summed E-state index contributed by atoms with van der Waals surface area (Å²) in [6.45, 7) is 1.78. The highest BCUT2D eigenvalue weighted by Crippen LogP contribution is 2.12. The van der Waals surface area contributed by atoms with E-state index in [1.807, 2.05) is 13.0 Å². The molecule has 0 spiro atoms. The van der Waals surface area contributed by atoms with Crippen LogP contribution in [0.15, 0.2) is 12.3 Å². The van der Waals surface area contributed by atoms with Crippen molar-refractivity contribution in [1.29, 1.82) is 0 Å². The summed E-state index contributed by atoms with van der Waals surface area (Å²) < 4.78 is 14.4. The van der Waals surface area contributed by atoms with Crippen LogP contribution in [-0.4, -0.2) is 21.2 Å². The highest BCUT2D eigenvalue weighted by molar-refractivity contribution is 7.71. The highest BCUT2D eigenvalue weighted by atomic mass is 32.1. The van der Waals surface area contributed by atoms with Crippen LogP contribution in [-0.2, 0) is 6.54 Å². The standard InChI is InChI=1S/C9H10FN3S/c1-6-4-7-8(11-5-6)13(3-2-10)9(14)12-7/h4-5H,2-3H2,1H3,(H,12,14). The number of alkyl halides is 1. The van der Waals surface area contributed by atoms with Crippen LogP contribution in [0, 0.1) is 11.7 Å². The number of aromatic amines is 1. The average Bonchev–Trinajstić information content (AvgIpc) is 2.43. The van der Waals surface area contributed by atoms with Crippen LogP contribution >= 0.6 is 12.2 Å². The third kappa shape index (κ3) is 1.43. The molecule has 0 aromatic carbocycles. The molecular formula is C9H10FN3S. The maximum Gasteiger partial charge on any atom is 0.179 e. The van der Waals surface area contributed by atoms with Crippen LogP contribution in [0.1, 0.15) is 5.56 Å². The second kappa shape index (κ2) is 3.49.